The smallest absolute Gasteiger partial charge is 0.261 e. The summed E-state index contributed by atoms with van der Waals surface area (Å²) >= 11 is 7.14. The second-order valence-corrected chi connectivity index (χ2v) is 6.70. The average molecular weight is 310 g/mol. The quantitative estimate of drug-likeness (QED) is 0.947. The summed E-state index contributed by atoms with van der Waals surface area (Å²) in [5, 5.41) is 7.47. The fourth-order valence-corrected chi connectivity index (χ4v) is 3.65. The van der Waals surface area contributed by atoms with Crippen LogP contribution in [0.1, 0.15) is 39.5 Å². The Kier molecular flexibility index (Phi) is 3.81. The number of thiophene rings is 1. The lowest BCUT2D eigenvalue weighted by Crippen LogP contribution is -2.22. The minimum Gasteiger partial charge on any atom is -0.346 e. The Balaban J connectivity index is 1.71. The first-order valence-corrected chi connectivity index (χ1v) is 7.92. The van der Waals surface area contributed by atoms with E-state index in [0.717, 1.165) is 18.5 Å². The lowest BCUT2D eigenvalue weighted by atomic mass is 9.96. The van der Waals surface area contributed by atoms with Crippen molar-refractivity contribution in [2.24, 2.45) is 7.05 Å². The van der Waals surface area contributed by atoms with Gasteiger partial charge in [-0.3, -0.25) is 9.48 Å². The number of aryl methyl sites for hydroxylation is 1. The number of nitrogens with one attached hydrogen (secondary N) is 1. The van der Waals surface area contributed by atoms with E-state index in [-0.39, 0.29) is 5.91 Å². The van der Waals surface area contributed by atoms with Crippen molar-refractivity contribution in [1.82, 2.24) is 15.1 Å². The first-order valence-electron chi connectivity index (χ1n) is 6.72. The third kappa shape index (κ3) is 2.60. The molecule has 1 amide bonds. The average Bonchev–Trinajstić information content (AvgIpc) is 3.01. The molecule has 0 saturated carbocycles. The molecule has 0 fully saturated rings. The van der Waals surface area contributed by atoms with Crippen molar-refractivity contribution in [3.63, 3.8) is 0 Å². The van der Waals surface area contributed by atoms with Gasteiger partial charge in [-0.15, -0.1) is 11.3 Å². The number of halogens is 1. The van der Waals surface area contributed by atoms with Crippen molar-refractivity contribution in [3.05, 3.63) is 38.3 Å². The normalized spacial score (nSPS) is 14.1. The van der Waals surface area contributed by atoms with Crippen molar-refractivity contribution in [3.8, 4) is 0 Å². The molecule has 0 atom stereocenters. The summed E-state index contributed by atoms with van der Waals surface area (Å²) in [6.07, 6.45) is 4.60. The van der Waals surface area contributed by atoms with E-state index in [4.69, 9.17) is 11.6 Å². The first kappa shape index (κ1) is 13.6. The number of hydrogen-bond acceptors (Lipinski definition) is 3. The molecule has 1 N–H and O–H groups in total. The zero-order valence-corrected chi connectivity index (χ0v) is 12.9. The number of fused-ring (bicyclic) bond motifs is 1. The van der Waals surface area contributed by atoms with Gasteiger partial charge in [0.1, 0.15) is 0 Å². The van der Waals surface area contributed by atoms with Gasteiger partial charge in [0.15, 0.2) is 0 Å². The highest BCUT2D eigenvalue weighted by molar-refractivity contribution is 7.17. The topological polar surface area (TPSA) is 46.9 Å². The van der Waals surface area contributed by atoms with Crippen LogP contribution in [0.5, 0.6) is 0 Å². The molecule has 2 aromatic heterocycles. The maximum absolute atomic E-state index is 12.0. The molecule has 4 nitrogen and oxygen atoms in total. The summed E-state index contributed by atoms with van der Waals surface area (Å²) in [5.41, 5.74) is 3.64. The summed E-state index contributed by atoms with van der Waals surface area (Å²) in [5.74, 6) is -0.0860. The van der Waals surface area contributed by atoms with Crippen LogP contribution >= 0.6 is 22.9 Å². The van der Waals surface area contributed by atoms with Gasteiger partial charge in [-0.05, 0) is 43.4 Å². The number of hydrogen-bond donors (Lipinski definition) is 1. The van der Waals surface area contributed by atoms with Gasteiger partial charge in [0.2, 0.25) is 0 Å². The number of carbonyl (C=O) groups excluding carboxylic acids is 1. The predicted molar refractivity (Wildman–Crippen MR) is 80.3 cm³/mol. The summed E-state index contributed by atoms with van der Waals surface area (Å²) in [7, 11) is 1.98. The van der Waals surface area contributed by atoms with Gasteiger partial charge in [0.25, 0.3) is 5.91 Å². The monoisotopic (exact) mass is 309 g/mol. The van der Waals surface area contributed by atoms with Crippen molar-refractivity contribution in [2.75, 3.05) is 0 Å². The summed E-state index contributed by atoms with van der Waals surface area (Å²) in [6.45, 7) is 0.484. The van der Waals surface area contributed by atoms with Crippen LogP contribution in [0.3, 0.4) is 0 Å². The molecule has 0 saturated heterocycles. The SMILES string of the molecule is Cn1nc(CNC(=O)c2ccc(Cl)s2)c2c1CCCC2. The summed E-state index contributed by atoms with van der Waals surface area (Å²) < 4.78 is 2.59. The van der Waals surface area contributed by atoms with Crippen LogP contribution in [0.2, 0.25) is 4.34 Å². The van der Waals surface area contributed by atoms with Gasteiger partial charge >= 0.3 is 0 Å². The third-order valence-corrected chi connectivity index (χ3v) is 4.89. The molecule has 3 rings (SSSR count). The lowest BCUT2D eigenvalue weighted by Gasteiger charge is -2.12. The number of carbonyl (C=O) groups is 1. The molecule has 1 aliphatic rings. The van der Waals surface area contributed by atoms with Crippen molar-refractivity contribution in [2.45, 2.75) is 32.2 Å². The van der Waals surface area contributed by atoms with E-state index in [1.807, 2.05) is 11.7 Å². The second kappa shape index (κ2) is 5.58. The van der Waals surface area contributed by atoms with Crippen LogP contribution in [-0.4, -0.2) is 15.7 Å². The molecule has 0 unspecified atom stereocenters. The molecule has 0 bridgehead atoms. The zero-order chi connectivity index (χ0) is 14.1. The molecule has 2 heterocycles. The Labute approximate surface area is 126 Å². The van der Waals surface area contributed by atoms with Crippen LogP contribution < -0.4 is 5.32 Å². The highest BCUT2D eigenvalue weighted by atomic mass is 35.5. The van der Waals surface area contributed by atoms with Gasteiger partial charge in [0, 0.05) is 12.7 Å². The van der Waals surface area contributed by atoms with E-state index in [0.29, 0.717) is 15.8 Å². The molecule has 1 aliphatic carbocycles. The fourth-order valence-electron chi connectivity index (χ4n) is 2.69. The zero-order valence-electron chi connectivity index (χ0n) is 11.3. The van der Waals surface area contributed by atoms with Gasteiger partial charge < -0.3 is 5.32 Å². The molecule has 2 aromatic rings. The molecule has 0 radical (unpaired) electrons. The fraction of sp³-hybridized carbons (Fsp3) is 0.429. The van der Waals surface area contributed by atoms with Crippen LogP contribution in [0, 0.1) is 0 Å². The summed E-state index contributed by atoms with van der Waals surface area (Å²) in [4.78, 5) is 12.7. The van der Waals surface area contributed by atoms with E-state index in [1.54, 1.807) is 12.1 Å². The first-order chi connectivity index (χ1) is 9.65. The van der Waals surface area contributed by atoms with E-state index in [1.165, 1.54) is 35.4 Å². The van der Waals surface area contributed by atoms with E-state index >= 15 is 0 Å². The largest absolute Gasteiger partial charge is 0.346 e. The van der Waals surface area contributed by atoms with Crippen LogP contribution in [0.15, 0.2) is 12.1 Å². The van der Waals surface area contributed by atoms with Crippen molar-refractivity contribution in [1.29, 1.82) is 0 Å². The van der Waals surface area contributed by atoms with E-state index in [2.05, 4.69) is 10.4 Å². The second-order valence-electron chi connectivity index (χ2n) is 4.99. The number of aromatic nitrogens is 2. The van der Waals surface area contributed by atoms with Crippen LogP contribution in [0.4, 0.5) is 0 Å². The van der Waals surface area contributed by atoms with Gasteiger partial charge in [0.05, 0.1) is 21.5 Å². The molecule has 6 heteroatoms. The number of amides is 1. The highest BCUT2D eigenvalue weighted by Crippen LogP contribution is 2.24. The Morgan fingerprint density at radius 3 is 3.00 bits per heavy atom. The molecule has 0 aliphatic heterocycles. The van der Waals surface area contributed by atoms with Gasteiger partial charge in [-0.2, -0.15) is 5.10 Å². The standard InChI is InChI=1S/C14H16ClN3OS/c1-18-11-5-3-2-4-9(11)10(17-18)8-16-14(19)12-6-7-13(15)20-12/h6-7H,2-5,8H2,1H3,(H,16,19). The minimum atomic E-state index is -0.0860. The molecule has 0 spiro atoms. The van der Waals surface area contributed by atoms with Gasteiger partial charge in [-0.25, -0.2) is 0 Å². The Hall–Kier alpha value is -1.33. The molecule has 106 valence electrons. The van der Waals surface area contributed by atoms with Crippen molar-refractivity contribution < 1.29 is 4.79 Å². The maximum atomic E-state index is 12.0. The molecule has 0 aromatic carbocycles. The predicted octanol–water partition coefficient (Wildman–Crippen LogP) is 2.94. The summed E-state index contributed by atoms with van der Waals surface area (Å²) in [6, 6.07) is 3.49. The third-order valence-electron chi connectivity index (χ3n) is 3.66. The van der Waals surface area contributed by atoms with Gasteiger partial charge in [-0.1, -0.05) is 11.6 Å². The van der Waals surface area contributed by atoms with E-state index in [9.17, 15) is 4.79 Å². The maximum Gasteiger partial charge on any atom is 0.261 e. The van der Waals surface area contributed by atoms with Crippen LogP contribution in [0.25, 0.3) is 0 Å². The Morgan fingerprint density at radius 2 is 2.25 bits per heavy atom. The molecular weight excluding hydrogens is 294 g/mol. The number of rotatable bonds is 3. The molecule has 20 heavy (non-hydrogen) atoms. The Bertz CT molecular complexity index is 647. The molecular formula is C14H16ClN3OS. The van der Waals surface area contributed by atoms with E-state index < -0.39 is 0 Å². The Morgan fingerprint density at radius 1 is 1.45 bits per heavy atom. The van der Waals surface area contributed by atoms with Crippen molar-refractivity contribution >= 4 is 28.8 Å². The lowest BCUT2D eigenvalue weighted by molar-refractivity contribution is 0.0954. The number of nitrogens with zero attached hydrogens (tertiary/aromatic N) is 2. The highest BCUT2D eigenvalue weighted by Gasteiger charge is 2.19. The van der Waals surface area contributed by atoms with Crippen LogP contribution in [-0.2, 0) is 26.4 Å². The minimum absolute atomic E-state index is 0.0860.